The van der Waals surface area contributed by atoms with Crippen molar-refractivity contribution < 1.29 is 14.3 Å². The molecule has 1 aromatic rings. The van der Waals surface area contributed by atoms with Gasteiger partial charge in [0.2, 0.25) is 0 Å². The van der Waals surface area contributed by atoms with Gasteiger partial charge in [0.25, 0.3) is 0 Å². The van der Waals surface area contributed by atoms with E-state index in [-0.39, 0.29) is 24.2 Å². The molecule has 0 heterocycles. The molecule has 0 bridgehead atoms. The van der Waals surface area contributed by atoms with Crippen molar-refractivity contribution in [1.82, 2.24) is 5.32 Å². The molecule has 0 aliphatic rings. The van der Waals surface area contributed by atoms with Gasteiger partial charge in [0.05, 0.1) is 13.2 Å². The Labute approximate surface area is 126 Å². The van der Waals surface area contributed by atoms with Crippen molar-refractivity contribution in [3.8, 4) is 0 Å². The number of likely N-dealkylation sites (N-methyl/N-ethyl adjacent to an activating group) is 1. The van der Waals surface area contributed by atoms with E-state index in [1.54, 1.807) is 0 Å². The van der Waals surface area contributed by atoms with Crippen LogP contribution in [0.2, 0.25) is 0 Å². The molecule has 1 atom stereocenters. The molecule has 1 unspecified atom stereocenters. The number of esters is 1. The molecule has 0 saturated heterocycles. The first-order valence-electron chi connectivity index (χ1n) is 7.44. The summed E-state index contributed by atoms with van der Waals surface area (Å²) in [4.78, 5) is 23.7. The highest BCUT2D eigenvalue weighted by Crippen LogP contribution is 2.16. The summed E-state index contributed by atoms with van der Waals surface area (Å²) < 4.78 is 4.63. The number of ketones is 1. The fourth-order valence-electron chi connectivity index (χ4n) is 2.17. The number of carbonyl (C=O) groups excluding carboxylic acids is 2. The van der Waals surface area contributed by atoms with Gasteiger partial charge in [0.1, 0.15) is 0 Å². The lowest BCUT2D eigenvalue weighted by atomic mass is 9.96. The van der Waals surface area contributed by atoms with E-state index in [9.17, 15) is 9.59 Å². The second-order valence-electron chi connectivity index (χ2n) is 5.37. The number of methoxy groups -OCH3 is 1. The zero-order chi connectivity index (χ0) is 15.8. The Kier molecular flexibility index (Phi) is 7.09. The summed E-state index contributed by atoms with van der Waals surface area (Å²) in [6.07, 6.45) is 0.690. The molecule has 1 aromatic carbocycles. The van der Waals surface area contributed by atoms with E-state index in [0.717, 1.165) is 0 Å². The first-order chi connectivity index (χ1) is 9.99. The van der Waals surface area contributed by atoms with E-state index in [2.05, 4.69) is 23.9 Å². The maximum absolute atomic E-state index is 12.5. The van der Waals surface area contributed by atoms with Crippen LogP contribution in [0.4, 0.5) is 0 Å². The minimum atomic E-state index is -0.348. The fraction of sp³-hybridized carbons (Fsp3) is 0.529. The molecule has 0 saturated carbocycles. The van der Waals surface area contributed by atoms with Crippen LogP contribution in [-0.2, 0) is 9.53 Å². The largest absolute Gasteiger partial charge is 0.469 e. The molecule has 1 N–H and O–H groups in total. The van der Waals surface area contributed by atoms with Crippen LogP contribution >= 0.6 is 0 Å². The Hall–Kier alpha value is -1.68. The lowest BCUT2D eigenvalue weighted by molar-refractivity contribution is -0.140. The van der Waals surface area contributed by atoms with Crippen molar-refractivity contribution in [2.24, 2.45) is 0 Å². The Morgan fingerprint density at radius 3 is 2.29 bits per heavy atom. The first kappa shape index (κ1) is 17.4. The van der Waals surface area contributed by atoms with Gasteiger partial charge < -0.3 is 10.1 Å². The van der Waals surface area contributed by atoms with E-state index < -0.39 is 0 Å². The van der Waals surface area contributed by atoms with Crippen molar-refractivity contribution in [2.75, 3.05) is 13.7 Å². The Morgan fingerprint density at radius 2 is 1.81 bits per heavy atom. The quantitative estimate of drug-likeness (QED) is 0.591. The van der Waals surface area contributed by atoms with Gasteiger partial charge in [-0.05, 0) is 24.4 Å². The Morgan fingerprint density at radius 1 is 1.19 bits per heavy atom. The standard InChI is InChI=1S/C17H25NO3/c1-5-18-15(10-11-16(19)21-4)17(20)14-8-6-13(7-9-14)12(2)3/h6-9,12,15,18H,5,10-11H2,1-4H3. The molecule has 4 heteroatoms. The van der Waals surface area contributed by atoms with Crippen molar-refractivity contribution in [3.05, 3.63) is 35.4 Å². The average molecular weight is 291 g/mol. The lowest BCUT2D eigenvalue weighted by Crippen LogP contribution is -2.37. The number of carbonyl (C=O) groups is 2. The molecule has 116 valence electrons. The summed E-state index contributed by atoms with van der Waals surface area (Å²) in [5.74, 6) is 0.176. The number of hydrogen-bond acceptors (Lipinski definition) is 4. The van der Waals surface area contributed by atoms with Crippen LogP contribution in [-0.4, -0.2) is 31.4 Å². The number of hydrogen-bond donors (Lipinski definition) is 1. The number of rotatable bonds is 8. The van der Waals surface area contributed by atoms with Gasteiger partial charge >= 0.3 is 5.97 Å². The van der Waals surface area contributed by atoms with Gasteiger partial charge in [-0.1, -0.05) is 45.0 Å². The lowest BCUT2D eigenvalue weighted by Gasteiger charge is -2.16. The van der Waals surface area contributed by atoms with Crippen LogP contribution in [0.25, 0.3) is 0 Å². The monoisotopic (exact) mass is 291 g/mol. The van der Waals surface area contributed by atoms with Crippen LogP contribution in [0.15, 0.2) is 24.3 Å². The molecule has 21 heavy (non-hydrogen) atoms. The Bertz CT molecular complexity index is 465. The smallest absolute Gasteiger partial charge is 0.305 e. The summed E-state index contributed by atoms with van der Waals surface area (Å²) in [5.41, 5.74) is 1.89. The minimum absolute atomic E-state index is 0.0241. The number of benzene rings is 1. The van der Waals surface area contributed by atoms with Gasteiger partial charge in [0.15, 0.2) is 5.78 Å². The van der Waals surface area contributed by atoms with Crippen molar-refractivity contribution in [2.45, 2.75) is 45.6 Å². The van der Waals surface area contributed by atoms with Crippen LogP contribution in [0.3, 0.4) is 0 Å². The van der Waals surface area contributed by atoms with Crippen molar-refractivity contribution in [3.63, 3.8) is 0 Å². The van der Waals surface area contributed by atoms with Crippen molar-refractivity contribution >= 4 is 11.8 Å². The second kappa shape index (κ2) is 8.57. The second-order valence-corrected chi connectivity index (χ2v) is 5.37. The number of ether oxygens (including phenoxy) is 1. The molecule has 0 radical (unpaired) electrons. The molecule has 0 fully saturated rings. The molecular weight excluding hydrogens is 266 g/mol. The zero-order valence-electron chi connectivity index (χ0n) is 13.3. The van der Waals surface area contributed by atoms with Crippen LogP contribution in [0.1, 0.15) is 55.5 Å². The highest BCUT2D eigenvalue weighted by molar-refractivity contribution is 6.00. The predicted octanol–water partition coefficient (Wildman–Crippen LogP) is 2.92. The third-order valence-electron chi connectivity index (χ3n) is 3.49. The zero-order valence-corrected chi connectivity index (χ0v) is 13.3. The Balaban J connectivity index is 2.77. The van der Waals surface area contributed by atoms with Gasteiger partial charge in [-0.3, -0.25) is 9.59 Å². The number of Topliss-reactive ketones (excluding diaryl/α,β-unsaturated/α-hetero) is 1. The highest BCUT2D eigenvalue weighted by Gasteiger charge is 2.20. The molecule has 0 amide bonds. The first-order valence-corrected chi connectivity index (χ1v) is 7.44. The molecule has 0 aliphatic carbocycles. The van der Waals surface area contributed by atoms with E-state index >= 15 is 0 Å². The highest BCUT2D eigenvalue weighted by atomic mass is 16.5. The van der Waals surface area contributed by atoms with Crippen LogP contribution < -0.4 is 5.32 Å². The molecule has 0 aliphatic heterocycles. The molecule has 0 aromatic heterocycles. The molecule has 0 spiro atoms. The summed E-state index contributed by atoms with van der Waals surface area (Å²) >= 11 is 0. The SMILES string of the molecule is CCNC(CCC(=O)OC)C(=O)c1ccc(C(C)C)cc1. The predicted molar refractivity (Wildman–Crippen MR) is 83.6 cm³/mol. The average Bonchev–Trinajstić information content (AvgIpc) is 2.50. The fourth-order valence-corrected chi connectivity index (χ4v) is 2.17. The molecule has 1 rings (SSSR count). The molecular formula is C17H25NO3. The van der Waals surface area contributed by atoms with Gasteiger partial charge in [0, 0.05) is 12.0 Å². The summed E-state index contributed by atoms with van der Waals surface area (Å²) in [6.45, 7) is 6.87. The minimum Gasteiger partial charge on any atom is -0.469 e. The van der Waals surface area contributed by atoms with Gasteiger partial charge in [-0.25, -0.2) is 0 Å². The van der Waals surface area contributed by atoms with Gasteiger partial charge in [-0.15, -0.1) is 0 Å². The third kappa shape index (κ3) is 5.31. The maximum Gasteiger partial charge on any atom is 0.305 e. The third-order valence-corrected chi connectivity index (χ3v) is 3.49. The van der Waals surface area contributed by atoms with E-state index in [4.69, 9.17) is 0 Å². The summed E-state index contributed by atoms with van der Waals surface area (Å²) in [5, 5.41) is 3.14. The summed E-state index contributed by atoms with van der Waals surface area (Å²) in [6, 6.07) is 7.35. The maximum atomic E-state index is 12.5. The molecule has 4 nitrogen and oxygen atoms in total. The number of nitrogens with one attached hydrogen (secondary N) is 1. The normalized spacial score (nSPS) is 12.2. The van der Waals surface area contributed by atoms with Gasteiger partial charge in [-0.2, -0.15) is 0 Å². The van der Waals surface area contributed by atoms with Crippen molar-refractivity contribution in [1.29, 1.82) is 0 Å². The van der Waals surface area contributed by atoms with Crippen LogP contribution in [0.5, 0.6) is 0 Å². The van der Waals surface area contributed by atoms with E-state index in [1.165, 1.54) is 12.7 Å². The van der Waals surface area contributed by atoms with E-state index in [0.29, 0.717) is 24.4 Å². The topological polar surface area (TPSA) is 55.4 Å². The van der Waals surface area contributed by atoms with Crippen LogP contribution in [0, 0.1) is 0 Å². The van der Waals surface area contributed by atoms with E-state index in [1.807, 2.05) is 31.2 Å². The summed E-state index contributed by atoms with van der Waals surface area (Å²) in [7, 11) is 1.36.